The standard InChI is InChI=1S/C19H23FN6O3/c20-14-3-5-15(6-4-14)24-7-9-25(10-8-24)19-17(26(27)28)18(22-13-23-19)21-12-16-2-1-11-29-16/h3-6,13,16H,1-2,7-12H2,(H,21,22,23). The number of anilines is 3. The Kier molecular flexibility index (Phi) is 5.70. The highest BCUT2D eigenvalue weighted by Crippen LogP contribution is 2.33. The molecule has 1 aromatic heterocycles. The van der Waals surface area contributed by atoms with E-state index in [1.807, 2.05) is 4.90 Å². The van der Waals surface area contributed by atoms with Crippen LogP contribution in [-0.4, -0.2) is 60.3 Å². The van der Waals surface area contributed by atoms with Gasteiger partial charge in [-0.2, -0.15) is 0 Å². The second kappa shape index (κ2) is 8.56. The minimum absolute atomic E-state index is 0.0484. The van der Waals surface area contributed by atoms with Gasteiger partial charge in [0, 0.05) is 45.0 Å². The van der Waals surface area contributed by atoms with Gasteiger partial charge in [0.1, 0.15) is 12.1 Å². The predicted molar refractivity (Wildman–Crippen MR) is 107 cm³/mol. The first-order valence-electron chi connectivity index (χ1n) is 9.72. The molecule has 2 aliphatic heterocycles. The molecule has 2 saturated heterocycles. The van der Waals surface area contributed by atoms with Gasteiger partial charge in [0.15, 0.2) is 0 Å². The molecule has 1 atom stereocenters. The molecule has 2 fully saturated rings. The van der Waals surface area contributed by atoms with Crippen molar-refractivity contribution in [2.24, 2.45) is 0 Å². The molecule has 154 valence electrons. The number of nitrogens with zero attached hydrogens (tertiary/aromatic N) is 5. The van der Waals surface area contributed by atoms with Crippen LogP contribution in [0.15, 0.2) is 30.6 Å². The zero-order valence-corrected chi connectivity index (χ0v) is 16.0. The number of ether oxygens (including phenoxy) is 1. The highest BCUT2D eigenvalue weighted by molar-refractivity contribution is 5.70. The minimum atomic E-state index is -0.431. The molecule has 1 aromatic carbocycles. The molecule has 4 rings (SSSR count). The molecule has 0 bridgehead atoms. The molecule has 0 amide bonds. The lowest BCUT2D eigenvalue weighted by Crippen LogP contribution is -2.47. The van der Waals surface area contributed by atoms with E-state index in [4.69, 9.17) is 4.74 Å². The summed E-state index contributed by atoms with van der Waals surface area (Å²) in [5.74, 6) is 0.266. The van der Waals surface area contributed by atoms with Crippen molar-refractivity contribution in [3.8, 4) is 0 Å². The number of hydrogen-bond donors (Lipinski definition) is 1. The van der Waals surface area contributed by atoms with Crippen LogP contribution in [-0.2, 0) is 4.74 Å². The number of benzene rings is 1. The maximum absolute atomic E-state index is 13.1. The van der Waals surface area contributed by atoms with E-state index >= 15 is 0 Å². The van der Waals surface area contributed by atoms with Gasteiger partial charge >= 0.3 is 5.69 Å². The van der Waals surface area contributed by atoms with Gasteiger partial charge in [-0.3, -0.25) is 10.1 Å². The summed E-state index contributed by atoms with van der Waals surface area (Å²) in [5.41, 5.74) is 0.822. The topological polar surface area (TPSA) is 96.7 Å². The summed E-state index contributed by atoms with van der Waals surface area (Å²) in [6, 6.07) is 6.35. The van der Waals surface area contributed by atoms with Crippen molar-refractivity contribution in [3.63, 3.8) is 0 Å². The Balaban J connectivity index is 1.47. The Morgan fingerprint density at radius 3 is 2.55 bits per heavy atom. The number of piperazine rings is 1. The smallest absolute Gasteiger partial charge is 0.353 e. The van der Waals surface area contributed by atoms with Crippen molar-refractivity contribution in [2.45, 2.75) is 18.9 Å². The molecule has 0 radical (unpaired) electrons. The summed E-state index contributed by atoms with van der Waals surface area (Å²) in [4.78, 5) is 23.7. The molecule has 10 heteroatoms. The van der Waals surface area contributed by atoms with E-state index < -0.39 is 4.92 Å². The largest absolute Gasteiger partial charge is 0.376 e. The number of halogens is 1. The van der Waals surface area contributed by atoms with Crippen molar-refractivity contribution in [1.82, 2.24) is 9.97 Å². The lowest BCUT2D eigenvalue weighted by Gasteiger charge is -2.36. The first-order chi connectivity index (χ1) is 14.1. The first kappa shape index (κ1) is 19.3. The predicted octanol–water partition coefficient (Wildman–Crippen LogP) is 2.44. The van der Waals surface area contributed by atoms with Crippen molar-refractivity contribution >= 4 is 23.0 Å². The average Bonchev–Trinajstić information content (AvgIpc) is 3.26. The van der Waals surface area contributed by atoms with E-state index in [9.17, 15) is 14.5 Å². The van der Waals surface area contributed by atoms with Crippen LogP contribution in [0.4, 0.5) is 27.4 Å². The van der Waals surface area contributed by atoms with Crippen molar-refractivity contribution in [1.29, 1.82) is 0 Å². The lowest BCUT2D eigenvalue weighted by molar-refractivity contribution is -0.383. The molecule has 0 aliphatic carbocycles. The quantitative estimate of drug-likeness (QED) is 0.581. The molecule has 1 N–H and O–H groups in total. The van der Waals surface area contributed by atoms with Gasteiger partial charge in [-0.1, -0.05) is 0 Å². The van der Waals surface area contributed by atoms with Crippen molar-refractivity contribution in [2.75, 3.05) is 54.4 Å². The molecule has 1 unspecified atom stereocenters. The lowest BCUT2D eigenvalue weighted by atomic mass is 10.2. The maximum Gasteiger partial charge on any atom is 0.353 e. The van der Waals surface area contributed by atoms with E-state index in [-0.39, 0.29) is 23.4 Å². The summed E-state index contributed by atoms with van der Waals surface area (Å²) >= 11 is 0. The maximum atomic E-state index is 13.1. The van der Waals surface area contributed by atoms with Gasteiger partial charge in [-0.15, -0.1) is 0 Å². The molecule has 2 aliphatic rings. The van der Waals surface area contributed by atoms with E-state index in [1.165, 1.54) is 18.5 Å². The minimum Gasteiger partial charge on any atom is -0.376 e. The van der Waals surface area contributed by atoms with E-state index in [2.05, 4.69) is 20.2 Å². The van der Waals surface area contributed by atoms with E-state index in [1.54, 1.807) is 12.1 Å². The average molecular weight is 402 g/mol. The Labute approximate surface area is 167 Å². The van der Waals surface area contributed by atoms with Crippen LogP contribution >= 0.6 is 0 Å². The molecular weight excluding hydrogens is 379 g/mol. The van der Waals surface area contributed by atoms with Gasteiger partial charge in [0.2, 0.25) is 11.6 Å². The Morgan fingerprint density at radius 2 is 1.90 bits per heavy atom. The van der Waals surface area contributed by atoms with Gasteiger partial charge < -0.3 is 19.9 Å². The van der Waals surface area contributed by atoms with Gasteiger partial charge in [0.25, 0.3) is 0 Å². The fraction of sp³-hybridized carbons (Fsp3) is 0.474. The third-order valence-corrected chi connectivity index (χ3v) is 5.28. The third kappa shape index (κ3) is 4.37. The highest BCUT2D eigenvalue weighted by Gasteiger charge is 2.30. The molecule has 0 saturated carbocycles. The molecule has 3 heterocycles. The molecule has 9 nitrogen and oxygen atoms in total. The summed E-state index contributed by atoms with van der Waals surface area (Å²) in [6.07, 6.45) is 3.34. The Bertz CT molecular complexity index is 852. The van der Waals surface area contributed by atoms with Crippen LogP contribution in [0, 0.1) is 15.9 Å². The second-order valence-corrected chi connectivity index (χ2v) is 7.12. The van der Waals surface area contributed by atoms with Gasteiger partial charge in [0.05, 0.1) is 11.0 Å². The van der Waals surface area contributed by atoms with Crippen LogP contribution in [0.25, 0.3) is 0 Å². The fourth-order valence-electron chi connectivity index (χ4n) is 3.74. The Hall–Kier alpha value is -3.01. The van der Waals surface area contributed by atoms with Crippen LogP contribution in [0.5, 0.6) is 0 Å². The van der Waals surface area contributed by atoms with E-state index in [0.29, 0.717) is 38.5 Å². The number of nitro groups is 1. The zero-order chi connectivity index (χ0) is 20.2. The number of rotatable bonds is 6. The normalized spacial score (nSPS) is 19.4. The summed E-state index contributed by atoms with van der Waals surface area (Å²) in [6.45, 7) is 3.66. The summed E-state index contributed by atoms with van der Waals surface area (Å²) < 4.78 is 18.7. The number of aromatic nitrogens is 2. The van der Waals surface area contributed by atoms with E-state index in [0.717, 1.165) is 25.1 Å². The van der Waals surface area contributed by atoms with Crippen molar-refractivity contribution in [3.05, 3.63) is 46.5 Å². The van der Waals surface area contributed by atoms with Crippen LogP contribution < -0.4 is 15.1 Å². The van der Waals surface area contributed by atoms with Crippen LogP contribution in [0.1, 0.15) is 12.8 Å². The molecule has 0 spiro atoms. The monoisotopic (exact) mass is 402 g/mol. The molecular formula is C19H23FN6O3. The highest BCUT2D eigenvalue weighted by atomic mass is 19.1. The number of hydrogen-bond acceptors (Lipinski definition) is 8. The van der Waals surface area contributed by atoms with Gasteiger partial charge in [-0.05, 0) is 37.1 Å². The third-order valence-electron chi connectivity index (χ3n) is 5.28. The van der Waals surface area contributed by atoms with Crippen molar-refractivity contribution < 1.29 is 14.1 Å². The second-order valence-electron chi connectivity index (χ2n) is 7.12. The van der Waals surface area contributed by atoms with Gasteiger partial charge in [-0.25, -0.2) is 14.4 Å². The SMILES string of the molecule is O=[N+]([O-])c1c(NCC2CCCO2)ncnc1N1CCN(c2ccc(F)cc2)CC1. The first-order valence-corrected chi connectivity index (χ1v) is 9.72. The summed E-state index contributed by atoms with van der Waals surface area (Å²) in [7, 11) is 0. The zero-order valence-electron chi connectivity index (χ0n) is 16.0. The van der Waals surface area contributed by atoms with Crippen LogP contribution in [0.2, 0.25) is 0 Å². The summed E-state index contributed by atoms with van der Waals surface area (Å²) in [5, 5.41) is 14.8. The molecule has 2 aromatic rings. The fourth-order valence-corrected chi connectivity index (χ4v) is 3.74. The number of nitrogens with one attached hydrogen (secondary N) is 1. The Morgan fingerprint density at radius 1 is 1.17 bits per heavy atom. The molecule has 29 heavy (non-hydrogen) atoms. The van der Waals surface area contributed by atoms with Crippen LogP contribution in [0.3, 0.4) is 0 Å².